The third-order valence-electron chi connectivity index (χ3n) is 10.6. The van der Waals surface area contributed by atoms with Gasteiger partial charge in [0.25, 0.3) is 0 Å². The highest BCUT2D eigenvalue weighted by Gasteiger charge is 2.66. The first-order chi connectivity index (χ1) is 15.2. The van der Waals surface area contributed by atoms with Gasteiger partial charge in [0.2, 0.25) is 0 Å². The summed E-state index contributed by atoms with van der Waals surface area (Å²) in [5, 5.41) is 0. The molecule has 4 aliphatic rings. The first-order valence-electron chi connectivity index (χ1n) is 12.9. The van der Waals surface area contributed by atoms with Crippen LogP contribution in [0.5, 0.6) is 0 Å². The molecular formula is C29H38O3. The average molecular weight is 435 g/mol. The van der Waals surface area contributed by atoms with Crippen LogP contribution in [-0.2, 0) is 20.8 Å². The van der Waals surface area contributed by atoms with Gasteiger partial charge in [-0.1, -0.05) is 51.1 Å². The van der Waals surface area contributed by atoms with E-state index in [2.05, 4.69) is 51.1 Å². The second-order valence-corrected chi connectivity index (χ2v) is 12.0. The summed E-state index contributed by atoms with van der Waals surface area (Å²) in [6, 6.07) is 10.6. The number of hydrogen-bond donors (Lipinski definition) is 0. The van der Waals surface area contributed by atoms with Crippen molar-refractivity contribution in [3.63, 3.8) is 0 Å². The molecule has 0 amide bonds. The molecule has 0 saturated heterocycles. The van der Waals surface area contributed by atoms with E-state index in [0.29, 0.717) is 54.9 Å². The maximum absolute atomic E-state index is 13.9. The van der Waals surface area contributed by atoms with Crippen molar-refractivity contribution in [3.05, 3.63) is 35.9 Å². The van der Waals surface area contributed by atoms with Crippen LogP contribution in [-0.4, -0.2) is 17.3 Å². The molecule has 3 heteroatoms. The molecule has 2 unspecified atom stereocenters. The maximum atomic E-state index is 13.9. The van der Waals surface area contributed by atoms with Crippen molar-refractivity contribution in [1.82, 2.24) is 0 Å². The van der Waals surface area contributed by atoms with E-state index < -0.39 is 0 Å². The molecule has 0 spiro atoms. The zero-order chi connectivity index (χ0) is 22.7. The van der Waals surface area contributed by atoms with E-state index in [9.17, 15) is 14.4 Å². The Labute approximate surface area is 192 Å². The van der Waals surface area contributed by atoms with Gasteiger partial charge in [0, 0.05) is 37.0 Å². The lowest BCUT2D eigenvalue weighted by molar-refractivity contribution is -0.166. The van der Waals surface area contributed by atoms with Gasteiger partial charge in [-0.2, -0.15) is 0 Å². The molecule has 32 heavy (non-hydrogen) atoms. The molecule has 1 aromatic rings. The molecule has 0 aromatic heterocycles. The number of hydrogen-bond acceptors (Lipinski definition) is 3. The van der Waals surface area contributed by atoms with Crippen LogP contribution < -0.4 is 0 Å². The normalized spacial score (nSPS) is 42.2. The Bertz CT molecular complexity index is 920. The number of rotatable bonds is 4. The van der Waals surface area contributed by atoms with Crippen molar-refractivity contribution in [2.75, 3.05) is 0 Å². The first-order valence-corrected chi connectivity index (χ1v) is 12.9. The van der Waals surface area contributed by atoms with Crippen LogP contribution in [0.3, 0.4) is 0 Å². The summed E-state index contributed by atoms with van der Waals surface area (Å²) >= 11 is 0. The van der Waals surface area contributed by atoms with E-state index in [1.807, 2.05) is 0 Å². The van der Waals surface area contributed by atoms with Gasteiger partial charge >= 0.3 is 0 Å². The van der Waals surface area contributed by atoms with Crippen LogP contribution in [0.1, 0.15) is 77.7 Å². The van der Waals surface area contributed by atoms with Crippen molar-refractivity contribution < 1.29 is 14.4 Å². The lowest BCUT2D eigenvalue weighted by Gasteiger charge is -2.58. The molecule has 0 radical (unpaired) electrons. The molecular weight excluding hydrogens is 396 g/mol. The number of carbonyl (C=O) groups excluding carboxylic acids is 3. The summed E-state index contributed by atoms with van der Waals surface area (Å²) in [6.07, 6.45) is 7.34. The molecule has 4 saturated carbocycles. The Morgan fingerprint density at radius 2 is 1.72 bits per heavy atom. The number of aryl methyl sites for hydroxylation is 1. The number of Topliss-reactive ketones (excluding diaryl/α,β-unsaturated/α-hetero) is 3. The molecule has 3 nitrogen and oxygen atoms in total. The van der Waals surface area contributed by atoms with Crippen molar-refractivity contribution in [2.24, 2.45) is 46.3 Å². The van der Waals surface area contributed by atoms with Crippen LogP contribution in [0.25, 0.3) is 0 Å². The Hall–Kier alpha value is -1.77. The Morgan fingerprint density at radius 3 is 2.47 bits per heavy atom. The van der Waals surface area contributed by atoms with Crippen LogP contribution in [0.4, 0.5) is 0 Å². The minimum atomic E-state index is -0.361. The topological polar surface area (TPSA) is 51.2 Å². The lowest BCUT2D eigenvalue weighted by atomic mass is 9.44. The van der Waals surface area contributed by atoms with E-state index >= 15 is 0 Å². The summed E-state index contributed by atoms with van der Waals surface area (Å²) in [4.78, 5) is 39.5. The molecule has 1 aromatic carbocycles. The van der Waals surface area contributed by atoms with Gasteiger partial charge in [0.05, 0.1) is 0 Å². The highest BCUT2D eigenvalue weighted by Crippen LogP contribution is 2.66. The summed E-state index contributed by atoms with van der Waals surface area (Å²) in [5.74, 6) is 2.43. The molecule has 172 valence electrons. The lowest BCUT2D eigenvalue weighted by Crippen LogP contribution is -2.60. The second-order valence-electron chi connectivity index (χ2n) is 12.0. The summed E-state index contributed by atoms with van der Waals surface area (Å²) in [7, 11) is 0. The van der Waals surface area contributed by atoms with E-state index in [1.54, 1.807) is 0 Å². The van der Waals surface area contributed by atoms with Gasteiger partial charge in [0.15, 0.2) is 0 Å². The van der Waals surface area contributed by atoms with Gasteiger partial charge in [-0.25, -0.2) is 0 Å². The Kier molecular flexibility index (Phi) is 5.46. The fourth-order valence-corrected chi connectivity index (χ4v) is 8.63. The number of benzene rings is 1. The van der Waals surface area contributed by atoms with Crippen molar-refractivity contribution in [1.29, 1.82) is 0 Å². The third-order valence-corrected chi connectivity index (χ3v) is 10.6. The summed E-state index contributed by atoms with van der Waals surface area (Å²) < 4.78 is 0. The molecule has 0 N–H and O–H groups in total. The molecule has 5 rings (SSSR count). The third kappa shape index (κ3) is 3.25. The van der Waals surface area contributed by atoms with E-state index in [4.69, 9.17) is 0 Å². The first kappa shape index (κ1) is 22.0. The van der Waals surface area contributed by atoms with Crippen LogP contribution >= 0.6 is 0 Å². The van der Waals surface area contributed by atoms with E-state index in [-0.39, 0.29) is 34.5 Å². The molecule has 0 heterocycles. The molecule has 4 fully saturated rings. The largest absolute Gasteiger partial charge is 0.300 e. The van der Waals surface area contributed by atoms with Gasteiger partial charge in [-0.3, -0.25) is 14.4 Å². The molecule has 4 aliphatic carbocycles. The highest BCUT2D eigenvalue weighted by atomic mass is 16.1. The zero-order valence-electron chi connectivity index (χ0n) is 19.9. The van der Waals surface area contributed by atoms with E-state index in [1.165, 1.54) is 5.56 Å². The fourth-order valence-electron chi connectivity index (χ4n) is 8.63. The smallest absolute Gasteiger partial charge is 0.139 e. The monoisotopic (exact) mass is 434 g/mol. The number of fused-ring (bicyclic) bond motifs is 5. The minimum Gasteiger partial charge on any atom is -0.300 e. The molecule has 0 aliphatic heterocycles. The van der Waals surface area contributed by atoms with Gasteiger partial charge in [0.1, 0.15) is 17.3 Å². The Morgan fingerprint density at radius 1 is 0.969 bits per heavy atom. The Balaban J connectivity index is 1.38. The van der Waals surface area contributed by atoms with Crippen molar-refractivity contribution in [2.45, 2.75) is 78.6 Å². The van der Waals surface area contributed by atoms with Crippen molar-refractivity contribution in [3.8, 4) is 0 Å². The summed E-state index contributed by atoms with van der Waals surface area (Å²) in [6.45, 7) is 6.82. The fraction of sp³-hybridized carbons (Fsp3) is 0.690. The number of carbonyl (C=O) groups is 3. The average Bonchev–Trinajstić information content (AvgIpc) is 3.13. The van der Waals surface area contributed by atoms with E-state index in [0.717, 1.165) is 32.1 Å². The van der Waals surface area contributed by atoms with Crippen LogP contribution in [0.2, 0.25) is 0 Å². The molecule has 0 bridgehead atoms. The second kappa shape index (κ2) is 7.92. The summed E-state index contributed by atoms with van der Waals surface area (Å²) in [5.41, 5.74) is 0.975. The van der Waals surface area contributed by atoms with Gasteiger partial charge < -0.3 is 0 Å². The SMILES string of the molecule is C[C@H](CCc1ccccc1)C1CC[C@H]2[C@@H]3C(=O)CC4CC(=O)CC[C@]4(C)[C@H]3CC(=O)[C@]12C. The minimum absolute atomic E-state index is 0.0264. The van der Waals surface area contributed by atoms with Crippen molar-refractivity contribution >= 4 is 17.3 Å². The highest BCUT2D eigenvalue weighted by molar-refractivity contribution is 5.93. The van der Waals surface area contributed by atoms with Crippen LogP contribution in [0.15, 0.2) is 30.3 Å². The maximum Gasteiger partial charge on any atom is 0.139 e. The predicted molar refractivity (Wildman–Crippen MR) is 125 cm³/mol. The van der Waals surface area contributed by atoms with Crippen LogP contribution in [0, 0.1) is 46.3 Å². The predicted octanol–water partition coefficient (Wildman–Crippen LogP) is 5.84. The number of ketones is 3. The zero-order valence-corrected chi connectivity index (χ0v) is 19.9. The quantitative estimate of drug-likeness (QED) is 0.598. The van der Waals surface area contributed by atoms with Gasteiger partial charge in [-0.15, -0.1) is 0 Å². The standard InChI is InChI=1S/C29H38O3/c1-18(9-10-19-7-5-4-6-8-19)22-11-12-23-27-24(17-26(32)29(22,23)3)28(2)14-13-21(30)15-20(28)16-25(27)31/h4-8,18,20,22-24,27H,9-17H2,1-3H3/t18-,20?,22?,23+,24+,27+,28+,29-/m1/s1. The van der Waals surface area contributed by atoms with Gasteiger partial charge in [-0.05, 0) is 72.7 Å². The molecule has 8 atom stereocenters.